The van der Waals surface area contributed by atoms with E-state index in [-0.39, 0.29) is 11.9 Å². The third-order valence-corrected chi connectivity index (χ3v) is 5.73. The van der Waals surface area contributed by atoms with E-state index < -0.39 is 0 Å². The zero-order chi connectivity index (χ0) is 20.6. The number of carbonyl (C=O) groups is 1. The maximum atomic E-state index is 12.7. The molecule has 29 heavy (non-hydrogen) atoms. The van der Waals surface area contributed by atoms with Crippen molar-refractivity contribution in [3.8, 4) is 0 Å². The third kappa shape index (κ3) is 5.69. The number of imidazole rings is 1. The predicted octanol–water partition coefficient (Wildman–Crippen LogP) is 6.65. The summed E-state index contributed by atoms with van der Waals surface area (Å²) in [6.07, 6.45) is 7.54. The van der Waals surface area contributed by atoms with Crippen LogP contribution in [0.1, 0.15) is 74.6 Å². The van der Waals surface area contributed by atoms with Crippen LogP contribution in [0, 0.1) is 0 Å². The molecule has 154 valence electrons. The average Bonchev–Trinajstić information content (AvgIpc) is 3.09. The highest BCUT2D eigenvalue weighted by Gasteiger charge is 2.19. The summed E-state index contributed by atoms with van der Waals surface area (Å²) in [5.41, 5.74) is 2.77. The summed E-state index contributed by atoms with van der Waals surface area (Å²) < 4.78 is 3.18. The molecule has 3 rings (SSSR count). The largest absolute Gasteiger partial charge is 0.342 e. The van der Waals surface area contributed by atoms with Crippen LogP contribution >= 0.6 is 15.9 Å². The highest BCUT2D eigenvalue weighted by atomic mass is 79.9. The van der Waals surface area contributed by atoms with Crippen LogP contribution in [-0.2, 0) is 6.54 Å². The van der Waals surface area contributed by atoms with Crippen molar-refractivity contribution in [2.45, 2.75) is 65.0 Å². The standard InChI is InChI=1S/C24H30BrN3O/c1-3-4-5-6-7-10-16-28-22-15-9-8-14-21(22)27-23(28)18(2)26-24(29)19-12-11-13-20(25)17-19/h8-9,11-15,17-18H,3-7,10,16H2,1-2H3,(H,26,29). The van der Waals surface area contributed by atoms with Crippen molar-refractivity contribution < 1.29 is 4.79 Å². The monoisotopic (exact) mass is 455 g/mol. The van der Waals surface area contributed by atoms with E-state index in [0.717, 1.165) is 34.3 Å². The molecule has 0 spiro atoms. The molecule has 0 bridgehead atoms. The van der Waals surface area contributed by atoms with Gasteiger partial charge in [0.15, 0.2) is 0 Å². The molecule has 0 aliphatic rings. The molecule has 1 unspecified atom stereocenters. The first kappa shape index (κ1) is 21.6. The van der Waals surface area contributed by atoms with Gasteiger partial charge in [0.1, 0.15) is 5.82 Å². The SMILES string of the molecule is CCCCCCCCn1c(C(C)NC(=O)c2cccc(Br)c2)nc2ccccc21. The Morgan fingerprint density at radius 3 is 2.62 bits per heavy atom. The molecular weight excluding hydrogens is 426 g/mol. The number of hydrogen-bond donors (Lipinski definition) is 1. The quantitative estimate of drug-likeness (QED) is 0.347. The van der Waals surface area contributed by atoms with E-state index in [0.29, 0.717) is 5.56 Å². The average molecular weight is 456 g/mol. The number of para-hydroxylation sites is 2. The second-order valence-electron chi connectivity index (χ2n) is 7.58. The molecule has 0 aliphatic heterocycles. The topological polar surface area (TPSA) is 46.9 Å². The van der Waals surface area contributed by atoms with Gasteiger partial charge in [0, 0.05) is 16.6 Å². The summed E-state index contributed by atoms with van der Waals surface area (Å²) in [7, 11) is 0. The molecule has 3 aromatic rings. The highest BCUT2D eigenvalue weighted by Crippen LogP contribution is 2.22. The lowest BCUT2D eigenvalue weighted by Crippen LogP contribution is -2.28. The van der Waals surface area contributed by atoms with Crippen LogP contribution < -0.4 is 5.32 Å². The summed E-state index contributed by atoms with van der Waals surface area (Å²) in [5.74, 6) is 0.833. The Labute approximate surface area is 181 Å². The molecule has 5 heteroatoms. The summed E-state index contributed by atoms with van der Waals surface area (Å²) in [6.45, 7) is 5.18. The first-order valence-electron chi connectivity index (χ1n) is 10.6. The van der Waals surface area contributed by atoms with E-state index in [9.17, 15) is 4.79 Å². The Morgan fingerprint density at radius 1 is 1.07 bits per heavy atom. The molecule has 1 N–H and O–H groups in total. The molecule has 0 aliphatic carbocycles. The number of amides is 1. The van der Waals surface area contributed by atoms with Crippen LogP contribution in [0.3, 0.4) is 0 Å². The Bertz CT molecular complexity index is 950. The van der Waals surface area contributed by atoms with E-state index in [1.165, 1.54) is 32.1 Å². The second-order valence-corrected chi connectivity index (χ2v) is 8.50. The molecule has 0 fully saturated rings. The Balaban J connectivity index is 1.74. The van der Waals surface area contributed by atoms with Gasteiger partial charge in [0.2, 0.25) is 0 Å². The summed E-state index contributed by atoms with van der Waals surface area (Å²) in [4.78, 5) is 17.5. The fourth-order valence-electron chi connectivity index (χ4n) is 3.68. The van der Waals surface area contributed by atoms with Gasteiger partial charge in [-0.2, -0.15) is 0 Å². The maximum Gasteiger partial charge on any atom is 0.251 e. The van der Waals surface area contributed by atoms with Crippen LogP contribution in [0.2, 0.25) is 0 Å². The number of aromatic nitrogens is 2. The molecule has 0 saturated heterocycles. The van der Waals surface area contributed by atoms with E-state index >= 15 is 0 Å². The molecule has 0 radical (unpaired) electrons. The van der Waals surface area contributed by atoms with Gasteiger partial charge in [-0.1, -0.05) is 73.2 Å². The third-order valence-electron chi connectivity index (χ3n) is 5.24. The first-order chi connectivity index (χ1) is 14.1. The van der Waals surface area contributed by atoms with Crippen molar-refractivity contribution in [2.75, 3.05) is 0 Å². The van der Waals surface area contributed by atoms with Crippen LogP contribution in [0.25, 0.3) is 11.0 Å². The van der Waals surface area contributed by atoms with Crippen LogP contribution in [-0.4, -0.2) is 15.5 Å². The van der Waals surface area contributed by atoms with E-state index in [1.54, 1.807) is 0 Å². The van der Waals surface area contributed by atoms with Crippen molar-refractivity contribution in [3.63, 3.8) is 0 Å². The highest BCUT2D eigenvalue weighted by molar-refractivity contribution is 9.10. The number of rotatable bonds is 10. The summed E-state index contributed by atoms with van der Waals surface area (Å²) in [5, 5.41) is 3.12. The van der Waals surface area contributed by atoms with Crippen LogP contribution in [0.15, 0.2) is 53.0 Å². The summed E-state index contributed by atoms with van der Waals surface area (Å²) in [6, 6.07) is 15.5. The number of fused-ring (bicyclic) bond motifs is 1. The minimum Gasteiger partial charge on any atom is -0.342 e. The van der Waals surface area contributed by atoms with Gasteiger partial charge in [-0.3, -0.25) is 4.79 Å². The smallest absolute Gasteiger partial charge is 0.251 e. The van der Waals surface area contributed by atoms with Gasteiger partial charge < -0.3 is 9.88 Å². The van der Waals surface area contributed by atoms with Gasteiger partial charge in [-0.25, -0.2) is 4.98 Å². The minimum absolute atomic E-state index is 0.0861. The van der Waals surface area contributed by atoms with Crippen molar-refractivity contribution in [1.82, 2.24) is 14.9 Å². The number of nitrogens with zero attached hydrogens (tertiary/aromatic N) is 2. The summed E-state index contributed by atoms with van der Waals surface area (Å²) >= 11 is 3.43. The zero-order valence-corrected chi connectivity index (χ0v) is 18.9. The molecule has 0 saturated carbocycles. The maximum absolute atomic E-state index is 12.7. The van der Waals surface area contributed by atoms with Crippen molar-refractivity contribution in [1.29, 1.82) is 0 Å². The number of aryl methyl sites for hydroxylation is 1. The van der Waals surface area contributed by atoms with Gasteiger partial charge in [0.05, 0.1) is 17.1 Å². The minimum atomic E-state index is -0.172. The molecule has 4 nitrogen and oxygen atoms in total. The number of halogens is 1. The zero-order valence-electron chi connectivity index (χ0n) is 17.3. The fourth-order valence-corrected chi connectivity index (χ4v) is 4.08. The Morgan fingerprint density at radius 2 is 1.83 bits per heavy atom. The van der Waals surface area contributed by atoms with Crippen molar-refractivity contribution in [2.24, 2.45) is 0 Å². The lowest BCUT2D eigenvalue weighted by atomic mass is 10.1. The van der Waals surface area contributed by atoms with Gasteiger partial charge in [-0.15, -0.1) is 0 Å². The number of benzene rings is 2. The number of nitrogens with one attached hydrogen (secondary N) is 1. The lowest BCUT2D eigenvalue weighted by Gasteiger charge is -2.16. The number of hydrogen-bond acceptors (Lipinski definition) is 2. The number of unbranched alkanes of at least 4 members (excludes halogenated alkanes) is 5. The second kappa shape index (κ2) is 10.6. The fraction of sp³-hybridized carbons (Fsp3) is 0.417. The molecule has 1 atom stereocenters. The number of carbonyl (C=O) groups excluding carboxylic acids is 1. The predicted molar refractivity (Wildman–Crippen MR) is 123 cm³/mol. The molecule has 1 amide bonds. The molecule has 1 heterocycles. The van der Waals surface area contributed by atoms with Crippen molar-refractivity contribution >= 4 is 32.9 Å². The van der Waals surface area contributed by atoms with Gasteiger partial charge in [-0.05, 0) is 43.7 Å². The van der Waals surface area contributed by atoms with E-state index in [4.69, 9.17) is 4.98 Å². The van der Waals surface area contributed by atoms with Crippen molar-refractivity contribution in [3.05, 3.63) is 64.4 Å². The Kier molecular flexibility index (Phi) is 7.87. The van der Waals surface area contributed by atoms with Crippen LogP contribution in [0.4, 0.5) is 0 Å². The van der Waals surface area contributed by atoms with E-state index in [2.05, 4.69) is 44.9 Å². The lowest BCUT2D eigenvalue weighted by molar-refractivity contribution is 0.0937. The van der Waals surface area contributed by atoms with Gasteiger partial charge in [0.25, 0.3) is 5.91 Å². The first-order valence-corrected chi connectivity index (χ1v) is 11.4. The van der Waals surface area contributed by atoms with Crippen LogP contribution in [0.5, 0.6) is 0 Å². The Hall–Kier alpha value is -2.14. The molecule has 1 aromatic heterocycles. The molecule has 2 aromatic carbocycles. The van der Waals surface area contributed by atoms with Gasteiger partial charge >= 0.3 is 0 Å². The van der Waals surface area contributed by atoms with E-state index in [1.807, 2.05) is 43.3 Å². The molecular formula is C24H30BrN3O. The normalized spacial score (nSPS) is 12.2.